The van der Waals surface area contributed by atoms with Crippen molar-refractivity contribution in [2.45, 2.75) is 23.5 Å². The van der Waals surface area contributed by atoms with Gasteiger partial charge in [0.15, 0.2) is 0 Å². The van der Waals surface area contributed by atoms with Gasteiger partial charge < -0.3 is 10.2 Å². The highest BCUT2D eigenvalue weighted by molar-refractivity contribution is 7.89. The van der Waals surface area contributed by atoms with Gasteiger partial charge in [0, 0.05) is 13.0 Å². The average molecular weight is 289 g/mol. The normalized spacial score (nSPS) is 24.5. The summed E-state index contributed by atoms with van der Waals surface area (Å²) in [5.41, 5.74) is 0. The van der Waals surface area contributed by atoms with Crippen LogP contribution in [0.5, 0.6) is 0 Å². The van der Waals surface area contributed by atoms with E-state index in [1.54, 1.807) is 0 Å². The lowest BCUT2D eigenvalue weighted by Crippen LogP contribution is -2.40. The molecule has 1 aromatic carbocycles. The SMILES string of the molecule is O=C(O)[C@H]1C[C@@H](O)CN1S(=O)(=O)c1ccccc1F. The van der Waals surface area contributed by atoms with Gasteiger partial charge >= 0.3 is 5.97 Å². The summed E-state index contributed by atoms with van der Waals surface area (Å²) in [7, 11) is -4.28. The lowest BCUT2D eigenvalue weighted by Gasteiger charge is -2.20. The van der Waals surface area contributed by atoms with Crippen LogP contribution in [0.25, 0.3) is 0 Å². The second-order valence-corrected chi connectivity index (χ2v) is 6.11. The molecule has 19 heavy (non-hydrogen) atoms. The highest BCUT2D eigenvalue weighted by Crippen LogP contribution is 2.27. The van der Waals surface area contributed by atoms with E-state index in [-0.39, 0.29) is 13.0 Å². The summed E-state index contributed by atoms with van der Waals surface area (Å²) in [5.74, 6) is -2.32. The number of aliphatic hydroxyl groups excluding tert-OH is 1. The molecular weight excluding hydrogens is 277 g/mol. The number of hydrogen-bond acceptors (Lipinski definition) is 4. The summed E-state index contributed by atoms with van der Waals surface area (Å²) in [4.78, 5) is 10.4. The molecule has 0 unspecified atom stereocenters. The van der Waals surface area contributed by atoms with Gasteiger partial charge in [-0.05, 0) is 12.1 Å². The molecule has 0 bridgehead atoms. The molecule has 8 heteroatoms. The van der Waals surface area contributed by atoms with Crippen LogP contribution in [0, 0.1) is 5.82 Å². The van der Waals surface area contributed by atoms with Crippen molar-refractivity contribution in [3.63, 3.8) is 0 Å². The Hall–Kier alpha value is -1.51. The van der Waals surface area contributed by atoms with Crippen molar-refractivity contribution in [3.05, 3.63) is 30.1 Å². The molecule has 0 amide bonds. The Morgan fingerprint density at radius 1 is 1.37 bits per heavy atom. The van der Waals surface area contributed by atoms with E-state index >= 15 is 0 Å². The zero-order chi connectivity index (χ0) is 14.2. The van der Waals surface area contributed by atoms with Crippen molar-refractivity contribution in [3.8, 4) is 0 Å². The van der Waals surface area contributed by atoms with E-state index < -0.39 is 38.9 Å². The van der Waals surface area contributed by atoms with Crippen molar-refractivity contribution >= 4 is 16.0 Å². The number of carboxylic acids is 1. The van der Waals surface area contributed by atoms with E-state index in [9.17, 15) is 22.7 Å². The van der Waals surface area contributed by atoms with Crippen molar-refractivity contribution in [1.29, 1.82) is 0 Å². The van der Waals surface area contributed by atoms with Crippen LogP contribution in [0.1, 0.15) is 6.42 Å². The smallest absolute Gasteiger partial charge is 0.322 e. The Balaban J connectivity index is 2.45. The number of carboxylic acid groups (broad SMARTS) is 1. The average Bonchev–Trinajstić information content (AvgIpc) is 2.72. The highest BCUT2D eigenvalue weighted by Gasteiger charge is 2.44. The minimum atomic E-state index is -4.28. The minimum absolute atomic E-state index is 0.205. The van der Waals surface area contributed by atoms with Gasteiger partial charge in [-0.1, -0.05) is 12.1 Å². The van der Waals surface area contributed by atoms with E-state index in [1.165, 1.54) is 12.1 Å². The molecule has 0 radical (unpaired) electrons. The molecule has 1 saturated heterocycles. The third-order valence-corrected chi connectivity index (χ3v) is 4.85. The quantitative estimate of drug-likeness (QED) is 0.819. The van der Waals surface area contributed by atoms with Crippen molar-refractivity contribution in [2.75, 3.05) is 6.54 Å². The van der Waals surface area contributed by atoms with Crippen LogP contribution >= 0.6 is 0 Å². The highest BCUT2D eigenvalue weighted by atomic mass is 32.2. The van der Waals surface area contributed by atoms with Crippen molar-refractivity contribution in [1.82, 2.24) is 4.31 Å². The summed E-state index contributed by atoms with van der Waals surface area (Å²) in [6.45, 7) is -0.354. The molecule has 0 spiro atoms. The Morgan fingerprint density at radius 3 is 2.58 bits per heavy atom. The van der Waals surface area contributed by atoms with Crippen LogP contribution in [-0.2, 0) is 14.8 Å². The number of rotatable bonds is 3. The van der Waals surface area contributed by atoms with E-state index in [1.807, 2.05) is 0 Å². The number of carbonyl (C=O) groups is 1. The molecule has 2 rings (SSSR count). The number of hydrogen-bond donors (Lipinski definition) is 2. The first-order valence-electron chi connectivity index (χ1n) is 5.51. The molecular formula is C11H12FNO5S. The van der Waals surface area contributed by atoms with Crippen LogP contribution in [0.3, 0.4) is 0 Å². The van der Waals surface area contributed by atoms with Crippen molar-refractivity contribution < 1.29 is 27.8 Å². The molecule has 1 heterocycles. The lowest BCUT2D eigenvalue weighted by molar-refractivity contribution is -0.140. The third-order valence-electron chi connectivity index (χ3n) is 2.94. The predicted octanol–water partition coefficient (Wildman–Crippen LogP) is 0.0342. The number of nitrogens with zero attached hydrogens (tertiary/aromatic N) is 1. The topological polar surface area (TPSA) is 94.9 Å². The molecule has 104 valence electrons. The molecule has 1 aromatic rings. The fraction of sp³-hybridized carbons (Fsp3) is 0.364. The Kier molecular flexibility index (Phi) is 3.57. The Morgan fingerprint density at radius 2 is 2.00 bits per heavy atom. The van der Waals surface area contributed by atoms with Crippen LogP contribution in [0.4, 0.5) is 4.39 Å². The Labute approximate surface area is 109 Å². The van der Waals surface area contributed by atoms with E-state index in [0.717, 1.165) is 12.1 Å². The van der Waals surface area contributed by atoms with Crippen LogP contribution in [0.2, 0.25) is 0 Å². The van der Waals surface area contributed by atoms with Gasteiger partial charge in [-0.3, -0.25) is 4.79 Å². The first kappa shape index (κ1) is 13.9. The van der Waals surface area contributed by atoms with Crippen LogP contribution < -0.4 is 0 Å². The van der Waals surface area contributed by atoms with E-state index in [4.69, 9.17) is 5.11 Å². The zero-order valence-electron chi connectivity index (χ0n) is 9.73. The van der Waals surface area contributed by atoms with Gasteiger partial charge in [0.2, 0.25) is 10.0 Å². The largest absolute Gasteiger partial charge is 0.480 e. The summed E-state index contributed by atoms with van der Waals surface area (Å²) in [6, 6.07) is 3.35. The maximum Gasteiger partial charge on any atom is 0.322 e. The van der Waals surface area contributed by atoms with Crippen molar-refractivity contribution in [2.24, 2.45) is 0 Å². The number of benzene rings is 1. The number of aliphatic carboxylic acids is 1. The maximum atomic E-state index is 13.5. The van der Waals surface area contributed by atoms with E-state index in [2.05, 4.69) is 0 Å². The zero-order valence-corrected chi connectivity index (χ0v) is 10.5. The van der Waals surface area contributed by atoms with Gasteiger partial charge in [0.05, 0.1) is 6.10 Å². The molecule has 1 aliphatic heterocycles. The summed E-state index contributed by atoms with van der Waals surface area (Å²) >= 11 is 0. The fourth-order valence-corrected chi connectivity index (χ4v) is 3.75. The molecule has 6 nitrogen and oxygen atoms in total. The molecule has 0 aromatic heterocycles. The van der Waals surface area contributed by atoms with Gasteiger partial charge in [0.1, 0.15) is 16.8 Å². The molecule has 2 atom stereocenters. The maximum absolute atomic E-state index is 13.5. The first-order chi connectivity index (χ1) is 8.84. The monoisotopic (exact) mass is 289 g/mol. The number of aliphatic hydroxyl groups is 1. The summed E-state index contributed by atoms with van der Waals surface area (Å²) in [6.07, 6.45) is -1.27. The van der Waals surface area contributed by atoms with Gasteiger partial charge in [-0.2, -0.15) is 4.31 Å². The molecule has 0 aliphatic carbocycles. The standard InChI is InChI=1S/C11H12FNO5S/c12-8-3-1-2-4-10(8)19(17,18)13-6-7(14)5-9(13)11(15)16/h1-4,7,9,14H,5-6H2,(H,15,16)/t7-,9-/m1/s1. The first-order valence-corrected chi connectivity index (χ1v) is 6.95. The number of sulfonamides is 1. The molecule has 0 saturated carbocycles. The number of β-amino-alcohol motifs (C(OH)–C–C–N with tert-alkyl or cyclic N) is 1. The molecule has 2 N–H and O–H groups in total. The second-order valence-electron chi connectivity index (χ2n) is 4.25. The molecule has 1 fully saturated rings. The third kappa shape index (κ3) is 2.46. The van der Waals surface area contributed by atoms with Gasteiger partial charge in [-0.25, -0.2) is 12.8 Å². The minimum Gasteiger partial charge on any atom is -0.480 e. The predicted molar refractivity (Wildman–Crippen MR) is 62.3 cm³/mol. The van der Waals surface area contributed by atoms with Gasteiger partial charge in [0.25, 0.3) is 0 Å². The lowest BCUT2D eigenvalue weighted by atomic mass is 10.2. The molecule has 1 aliphatic rings. The summed E-state index contributed by atoms with van der Waals surface area (Å²) in [5, 5.41) is 18.4. The van der Waals surface area contributed by atoms with Crippen LogP contribution in [0.15, 0.2) is 29.2 Å². The number of halogens is 1. The fourth-order valence-electron chi connectivity index (χ4n) is 2.05. The Bertz CT molecular complexity index is 603. The second kappa shape index (κ2) is 4.87. The van der Waals surface area contributed by atoms with Crippen LogP contribution in [-0.4, -0.2) is 47.6 Å². The summed E-state index contributed by atoms with van der Waals surface area (Å²) < 4.78 is 38.6. The van der Waals surface area contributed by atoms with E-state index in [0.29, 0.717) is 4.31 Å². The van der Waals surface area contributed by atoms with Gasteiger partial charge in [-0.15, -0.1) is 0 Å².